The molecule has 192 valence electrons. The molecule has 6 rings (SSSR count). The van der Waals surface area contributed by atoms with Crippen molar-refractivity contribution in [3.63, 3.8) is 0 Å². The summed E-state index contributed by atoms with van der Waals surface area (Å²) >= 11 is 3.41. The van der Waals surface area contributed by atoms with E-state index in [2.05, 4.69) is 42.0 Å². The number of anilines is 2. The average Bonchev–Trinajstić information content (AvgIpc) is 2.86. The predicted octanol–water partition coefficient (Wildman–Crippen LogP) is 2.86. The van der Waals surface area contributed by atoms with E-state index in [1.165, 1.54) is 15.8 Å². The normalized spacial score (nSPS) is 11.9. The molecule has 0 spiro atoms. The molecule has 0 atom stereocenters. The number of rotatable bonds is 1. The molecule has 0 radical (unpaired) electrons. The van der Waals surface area contributed by atoms with Gasteiger partial charge in [-0.1, -0.05) is 0 Å². The Morgan fingerprint density at radius 2 is 1.18 bits per heavy atom. The third-order valence-corrected chi connectivity index (χ3v) is 8.83. The molecule has 8 heteroatoms. The lowest BCUT2D eigenvalue weighted by molar-refractivity contribution is -0.496. The molecule has 2 heterocycles. The number of nitrogens with one attached hydrogen (secondary N) is 1. The van der Waals surface area contributed by atoms with E-state index in [0.717, 1.165) is 76.7 Å². The Morgan fingerprint density at radius 1 is 0.684 bits per heavy atom. The van der Waals surface area contributed by atoms with Crippen LogP contribution in [0.25, 0.3) is 41.6 Å². The fourth-order valence-electron chi connectivity index (χ4n) is 4.29. The number of nitrogens with zero attached hydrogens (tertiary/aromatic N) is 2. The summed E-state index contributed by atoms with van der Waals surface area (Å²) in [5.74, 6) is 0. The zero-order chi connectivity index (χ0) is 27.1. The molecule has 2 aliphatic heterocycles. The van der Waals surface area contributed by atoms with Gasteiger partial charge in [0.15, 0.2) is 0 Å². The lowest BCUT2D eigenvalue weighted by Gasteiger charge is -2.08. The zero-order valence-electron chi connectivity index (χ0n) is 22.3. The van der Waals surface area contributed by atoms with E-state index in [9.17, 15) is 0 Å². The monoisotopic (exact) mass is 540 g/mol. The van der Waals surface area contributed by atoms with Crippen LogP contribution in [0.3, 0.4) is 0 Å². The predicted molar refractivity (Wildman–Crippen MR) is 160 cm³/mol. The van der Waals surface area contributed by atoms with Gasteiger partial charge in [0, 0.05) is 34.6 Å². The first-order chi connectivity index (χ1) is 18.1. The number of nitrogens with two attached hydrogens (primary N) is 3. The molecular formula is C30H32N6S2+2. The van der Waals surface area contributed by atoms with E-state index < -0.39 is 0 Å². The maximum Gasteiger partial charge on any atom is 0.202 e. The number of benzene rings is 4. The van der Waals surface area contributed by atoms with Gasteiger partial charge in [0.05, 0.1) is 41.6 Å². The van der Waals surface area contributed by atoms with Crippen LogP contribution in [0.5, 0.6) is 0 Å². The third kappa shape index (κ3) is 4.97. The van der Waals surface area contributed by atoms with Crippen LogP contribution in [0, 0.1) is 27.7 Å². The van der Waals surface area contributed by atoms with E-state index in [1.807, 2.05) is 51.1 Å². The van der Waals surface area contributed by atoms with Crippen molar-refractivity contribution in [2.75, 3.05) is 18.0 Å². The highest BCUT2D eigenvalue weighted by Crippen LogP contribution is 2.33. The van der Waals surface area contributed by atoms with Crippen LogP contribution in [0.4, 0.5) is 11.4 Å². The van der Waals surface area contributed by atoms with Crippen LogP contribution < -0.4 is 32.6 Å². The van der Waals surface area contributed by atoms with Crippen molar-refractivity contribution in [3.8, 4) is 21.1 Å². The first-order valence-corrected chi connectivity index (χ1v) is 14.1. The minimum absolute atomic E-state index is 0.806. The SMILES string of the molecule is CC[NH+]=c1cc2sc3cc(N)c(C)cc3nc-2cc1C.Cc1cc2nc3cc(C)c(=[NH2+])cc-3sc2cc1N. The first kappa shape index (κ1) is 25.8. The van der Waals surface area contributed by atoms with Crippen LogP contribution in [-0.4, -0.2) is 16.5 Å². The molecule has 2 aromatic carbocycles. The average molecular weight is 541 g/mol. The smallest absolute Gasteiger partial charge is 0.202 e. The molecule has 0 bridgehead atoms. The number of aryl methyl sites for hydroxylation is 4. The van der Waals surface area contributed by atoms with Crippen LogP contribution in [0.1, 0.15) is 29.2 Å². The van der Waals surface area contributed by atoms with E-state index in [4.69, 9.17) is 21.9 Å². The van der Waals surface area contributed by atoms with Gasteiger partial charge in [0.1, 0.15) is 6.54 Å². The summed E-state index contributed by atoms with van der Waals surface area (Å²) in [6, 6.07) is 16.5. The van der Waals surface area contributed by atoms with Crippen molar-refractivity contribution in [3.05, 3.63) is 81.5 Å². The van der Waals surface area contributed by atoms with E-state index in [0.29, 0.717) is 0 Å². The van der Waals surface area contributed by atoms with Crippen molar-refractivity contribution in [2.24, 2.45) is 0 Å². The summed E-state index contributed by atoms with van der Waals surface area (Å²) < 4.78 is 2.22. The minimum atomic E-state index is 0.806. The molecular weight excluding hydrogens is 509 g/mol. The maximum atomic E-state index is 6.00. The van der Waals surface area contributed by atoms with Crippen molar-refractivity contribution in [1.29, 1.82) is 0 Å². The highest BCUT2D eigenvalue weighted by atomic mass is 32.1. The highest BCUT2D eigenvalue weighted by molar-refractivity contribution is 7.21. The number of fused-ring (bicyclic) bond motifs is 4. The Bertz CT molecular complexity index is 1900. The number of aromatic nitrogens is 2. The molecule has 2 aliphatic carbocycles. The Kier molecular flexibility index (Phi) is 6.86. The Hall–Kier alpha value is -3.88. The standard InChI is InChI=1S/C16H17N3S.C14H13N3S/c1-4-18-12-8-16-14(6-10(12)3)19-13-5-9(2)11(17)7-15(13)20-16;1-7-3-11-13(5-9(7)15)18-14-6-10(16)8(2)4-12(14)17-11/h5-8H,4,17H2,1-3H3;3-6,15H,16H2,1-2H3/p+2. The second-order valence-electron chi connectivity index (χ2n) is 9.62. The molecule has 4 aliphatic rings. The largest absolute Gasteiger partial charge is 0.398 e. The summed E-state index contributed by atoms with van der Waals surface area (Å²) in [5, 5.41) is 7.92. The lowest BCUT2D eigenvalue weighted by atomic mass is 10.1. The summed E-state index contributed by atoms with van der Waals surface area (Å²) in [6.07, 6.45) is 0. The third-order valence-electron chi connectivity index (χ3n) is 6.64. The van der Waals surface area contributed by atoms with Gasteiger partial charge in [-0.15, -0.1) is 22.7 Å². The lowest BCUT2D eigenvalue weighted by Crippen LogP contribution is -2.76. The van der Waals surface area contributed by atoms with E-state index >= 15 is 0 Å². The van der Waals surface area contributed by atoms with Gasteiger partial charge in [-0.05, 0) is 82.1 Å². The molecule has 2 aromatic rings. The summed E-state index contributed by atoms with van der Waals surface area (Å²) in [6.45, 7) is 11.2. The molecule has 0 fully saturated rings. The van der Waals surface area contributed by atoms with Crippen LogP contribution >= 0.6 is 22.7 Å². The second kappa shape index (κ2) is 10.1. The molecule has 0 saturated heterocycles. The van der Waals surface area contributed by atoms with E-state index in [-0.39, 0.29) is 0 Å². The minimum Gasteiger partial charge on any atom is -0.398 e. The maximum absolute atomic E-state index is 6.00. The summed E-state index contributed by atoms with van der Waals surface area (Å²) in [5.41, 5.74) is 22.0. The van der Waals surface area contributed by atoms with Crippen molar-refractivity contribution in [2.45, 2.75) is 34.6 Å². The second-order valence-corrected chi connectivity index (χ2v) is 11.8. The van der Waals surface area contributed by atoms with Gasteiger partial charge in [0.25, 0.3) is 0 Å². The van der Waals surface area contributed by atoms with Gasteiger partial charge in [-0.3, -0.25) is 5.41 Å². The number of hydrogen-bond donors (Lipinski definition) is 4. The van der Waals surface area contributed by atoms with Crippen molar-refractivity contribution >= 4 is 54.5 Å². The number of hydrogen-bond acceptors (Lipinski definition) is 6. The molecule has 0 amide bonds. The van der Waals surface area contributed by atoms with Crippen LogP contribution in [-0.2, 0) is 0 Å². The summed E-state index contributed by atoms with van der Waals surface area (Å²) in [7, 11) is 0. The fourth-order valence-corrected chi connectivity index (χ4v) is 6.34. The fraction of sp³-hybridized carbons (Fsp3) is 0.200. The number of nitrogen functional groups attached to an aromatic ring is 2. The molecule has 6 nitrogen and oxygen atoms in total. The highest BCUT2D eigenvalue weighted by Gasteiger charge is 2.12. The van der Waals surface area contributed by atoms with Crippen molar-refractivity contribution in [1.82, 2.24) is 9.97 Å². The van der Waals surface area contributed by atoms with Crippen molar-refractivity contribution < 1.29 is 10.4 Å². The zero-order valence-corrected chi connectivity index (χ0v) is 23.9. The quantitative estimate of drug-likeness (QED) is 0.190. The van der Waals surface area contributed by atoms with Gasteiger partial charge in [0.2, 0.25) is 10.7 Å². The van der Waals surface area contributed by atoms with Crippen LogP contribution in [0.15, 0.2) is 48.5 Å². The molecule has 7 N–H and O–H groups in total. The Labute approximate surface area is 229 Å². The molecule has 38 heavy (non-hydrogen) atoms. The first-order valence-electron chi connectivity index (χ1n) is 12.5. The van der Waals surface area contributed by atoms with E-state index in [1.54, 1.807) is 22.7 Å². The Morgan fingerprint density at radius 3 is 1.71 bits per heavy atom. The van der Waals surface area contributed by atoms with Crippen LogP contribution in [0.2, 0.25) is 0 Å². The van der Waals surface area contributed by atoms with Gasteiger partial charge >= 0.3 is 0 Å². The summed E-state index contributed by atoms with van der Waals surface area (Å²) in [4.78, 5) is 15.1. The molecule has 0 aromatic heterocycles. The van der Waals surface area contributed by atoms with Gasteiger partial charge in [-0.25, -0.2) is 15.0 Å². The molecule has 0 unspecified atom stereocenters. The topological polar surface area (TPSA) is 117 Å². The Balaban J connectivity index is 0.000000156. The van der Waals surface area contributed by atoms with Gasteiger partial charge < -0.3 is 11.5 Å². The van der Waals surface area contributed by atoms with Gasteiger partial charge in [-0.2, -0.15) is 0 Å². The molecule has 0 saturated carbocycles.